The molecule has 2 aromatic heterocycles. The minimum absolute atomic E-state index is 0.298. The van der Waals surface area contributed by atoms with Crippen molar-refractivity contribution in [1.82, 2.24) is 15.2 Å². The molecule has 0 unspecified atom stereocenters. The molecule has 5 nitrogen and oxygen atoms in total. The molecule has 0 aliphatic carbocycles. The molecule has 0 saturated carbocycles. The minimum atomic E-state index is -0.298. The van der Waals surface area contributed by atoms with Crippen LogP contribution in [0, 0.1) is 6.92 Å². The average molecular weight is 313 g/mol. The number of carbonyl (C=O) groups excluding carboxylic acids is 1. The maximum atomic E-state index is 12.2. The quantitative estimate of drug-likeness (QED) is 0.775. The first-order chi connectivity index (χ1) is 10.6. The first-order valence-corrected chi connectivity index (χ1v) is 7.04. The molecule has 2 heterocycles. The van der Waals surface area contributed by atoms with E-state index in [2.05, 4.69) is 20.5 Å². The second-order valence-corrected chi connectivity index (χ2v) is 5.25. The van der Waals surface area contributed by atoms with E-state index in [-0.39, 0.29) is 5.91 Å². The Morgan fingerprint density at radius 2 is 2.14 bits per heavy atom. The molecule has 3 rings (SSSR count). The molecule has 0 radical (unpaired) electrons. The van der Waals surface area contributed by atoms with Gasteiger partial charge in [-0.25, -0.2) is 0 Å². The average Bonchev–Trinajstić information content (AvgIpc) is 3.01. The number of carbonyl (C=O) groups is 1. The summed E-state index contributed by atoms with van der Waals surface area (Å²) in [6.45, 7) is 1.94. The number of nitrogens with zero attached hydrogens (tertiary/aromatic N) is 2. The lowest BCUT2D eigenvalue weighted by Gasteiger charge is -2.06. The number of anilines is 1. The number of halogens is 1. The van der Waals surface area contributed by atoms with Crippen LogP contribution in [0.4, 0.5) is 5.69 Å². The van der Waals surface area contributed by atoms with Crippen LogP contribution in [0.5, 0.6) is 0 Å². The number of rotatable bonds is 3. The molecule has 1 amide bonds. The Labute approximate surface area is 132 Å². The number of benzene rings is 1. The second-order valence-electron chi connectivity index (χ2n) is 4.85. The lowest BCUT2D eigenvalue weighted by atomic mass is 10.2. The van der Waals surface area contributed by atoms with Crippen molar-refractivity contribution in [2.75, 3.05) is 5.32 Å². The van der Waals surface area contributed by atoms with Crippen molar-refractivity contribution in [1.29, 1.82) is 0 Å². The van der Waals surface area contributed by atoms with Crippen molar-refractivity contribution < 1.29 is 4.79 Å². The van der Waals surface area contributed by atoms with E-state index in [1.165, 1.54) is 0 Å². The van der Waals surface area contributed by atoms with Crippen LogP contribution in [-0.2, 0) is 0 Å². The Morgan fingerprint density at radius 3 is 2.86 bits per heavy atom. The van der Waals surface area contributed by atoms with Crippen LogP contribution in [0.1, 0.15) is 16.1 Å². The zero-order valence-corrected chi connectivity index (χ0v) is 12.6. The molecule has 1 aromatic carbocycles. The van der Waals surface area contributed by atoms with Gasteiger partial charge in [-0.3, -0.25) is 14.9 Å². The summed E-state index contributed by atoms with van der Waals surface area (Å²) in [7, 11) is 0. The van der Waals surface area contributed by atoms with Gasteiger partial charge in [0.1, 0.15) is 5.69 Å². The lowest BCUT2D eigenvalue weighted by Crippen LogP contribution is -2.12. The molecule has 3 aromatic rings. The largest absolute Gasteiger partial charge is 0.319 e. The molecule has 2 N–H and O–H groups in total. The summed E-state index contributed by atoms with van der Waals surface area (Å²) >= 11 is 6.11. The smallest absolute Gasteiger partial charge is 0.273 e. The highest BCUT2D eigenvalue weighted by Gasteiger charge is 2.12. The first kappa shape index (κ1) is 14.3. The van der Waals surface area contributed by atoms with Gasteiger partial charge in [-0.05, 0) is 42.8 Å². The number of nitrogens with one attached hydrogen (secondary N) is 2. The number of aromatic nitrogens is 3. The van der Waals surface area contributed by atoms with Crippen LogP contribution >= 0.6 is 11.6 Å². The number of amides is 1. The fraction of sp³-hybridized carbons (Fsp3) is 0.0625. The highest BCUT2D eigenvalue weighted by molar-refractivity contribution is 6.34. The molecule has 0 bridgehead atoms. The predicted molar refractivity (Wildman–Crippen MR) is 86.0 cm³/mol. The number of pyridine rings is 1. The summed E-state index contributed by atoms with van der Waals surface area (Å²) in [5, 5.41) is 10.1. The third-order valence-electron chi connectivity index (χ3n) is 3.15. The first-order valence-electron chi connectivity index (χ1n) is 6.67. The summed E-state index contributed by atoms with van der Waals surface area (Å²) < 4.78 is 0. The van der Waals surface area contributed by atoms with Gasteiger partial charge in [0.15, 0.2) is 0 Å². The van der Waals surface area contributed by atoms with Gasteiger partial charge in [0.05, 0.1) is 16.4 Å². The van der Waals surface area contributed by atoms with Gasteiger partial charge in [-0.15, -0.1) is 0 Å². The van der Waals surface area contributed by atoms with Gasteiger partial charge in [-0.1, -0.05) is 17.7 Å². The third kappa shape index (κ3) is 2.99. The monoisotopic (exact) mass is 312 g/mol. The van der Waals surface area contributed by atoms with E-state index >= 15 is 0 Å². The van der Waals surface area contributed by atoms with Crippen molar-refractivity contribution in [3.63, 3.8) is 0 Å². The van der Waals surface area contributed by atoms with Gasteiger partial charge in [-0.2, -0.15) is 5.10 Å². The molecule has 0 atom stereocenters. The van der Waals surface area contributed by atoms with Crippen molar-refractivity contribution in [2.24, 2.45) is 0 Å². The highest BCUT2D eigenvalue weighted by Crippen LogP contribution is 2.23. The predicted octanol–water partition coefficient (Wildman–Crippen LogP) is 3.69. The Morgan fingerprint density at radius 1 is 1.27 bits per heavy atom. The van der Waals surface area contributed by atoms with E-state index in [1.807, 2.05) is 25.1 Å². The van der Waals surface area contributed by atoms with E-state index in [4.69, 9.17) is 11.6 Å². The van der Waals surface area contributed by atoms with Gasteiger partial charge in [0, 0.05) is 18.0 Å². The highest BCUT2D eigenvalue weighted by atomic mass is 35.5. The zero-order chi connectivity index (χ0) is 15.5. The molecule has 0 aliphatic heterocycles. The number of H-pyrrole nitrogens is 1. The van der Waals surface area contributed by atoms with Gasteiger partial charge < -0.3 is 5.32 Å². The molecule has 22 heavy (non-hydrogen) atoms. The maximum Gasteiger partial charge on any atom is 0.273 e. The summed E-state index contributed by atoms with van der Waals surface area (Å²) in [6.07, 6.45) is 3.37. The van der Waals surface area contributed by atoms with Crippen LogP contribution in [-0.4, -0.2) is 21.1 Å². The van der Waals surface area contributed by atoms with Crippen molar-refractivity contribution in [2.45, 2.75) is 6.92 Å². The zero-order valence-electron chi connectivity index (χ0n) is 11.8. The molecule has 0 saturated heterocycles. The topological polar surface area (TPSA) is 70.7 Å². The Hall–Kier alpha value is -2.66. The third-order valence-corrected chi connectivity index (χ3v) is 3.47. The van der Waals surface area contributed by atoms with Crippen molar-refractivity contribution in [3.8, 4) is 11.3 Å². The molecule has 6 heteroatoms. The van der Waals surface area contributed by atoms with E-state index in [0.717, 1.165) is 11.1 Å². The van der Waals surface area contributed by atoms with Crippen molar-refractivity contribution >= 4 is 23.2 Å². The minimum Gasteiger partial charge on any atom is -0.319 e. The van der Waals surface area contributed by atoms with Crippen LogP contribution in [0.15, 0.2) is 48.8 Å². The number of hydrogen-bond donors (Lipinski definition) is 2. The van der Waals surface area contributed by atoms with Gasteiger partial charge in [0.2, 0.25) is 0 Å². The number of aryl methyl sites for hydroxylation is 1. The molecule has 0 spiro atoms. The SMILES string of the molecule is Cc1ccc(NC(=O)c2cc(-c3cccnc3)n[nH]2)c(Cl)c1. The summed E-state index contributed by atoms with van der Waals surface area (Å²) in [4.78, 5) is 16.3. The van der Waals surface area contributed by atoms with Crippen LogP contribution in [0.2, 0.25) is 5.02 Å². The molecule has 0 fully saturated rings. The Kier molecular flexibility index (Phi) is 3.89. The maximum absolute atomic E-state index is 12.2. The van der Waals surface area contributed by atoms with Gasteiger partial charge in [0.25, 0.3) is 5.91 Å². The Bertz CT molecular complexity index is 814. The molecule has 110 valence electrons. The van der Waals surface area contributed by atoms with E-state index in [1.54, 1.807) is 30.6 Å². The van der Waals surface area contributed by atoms with Crippen molar-refractivity contribution in [3.05, 3.63) is 65.1 Å². The molecular formula is C16H13ClN4O. The number of aromatic amines is 1. The van der Waals surface area contributed by atoms with E-state index < -0.39 is 0 Å². The van der Waals surface area contributed by atoms with Gasteiger partial charge >= 0.3 is 0 Å². The van der Waals surface area contributed by atoms with E-state index in [0.29, 0.717) is 22.1 Å². The second kappa shape index (κ2) is 5.99. The standard InChI is InChI=1S/C16H13ClN4O/c1-10-4-5-13(12(17)7-10)19-16(22)15-8-14(20-21-15)11-3-2-6-18-9-11/h2-9H,1H3,(H,19,22)(H,20,21). The fourth-order valence-corrected chi connectivity index (χ4v) is 2.29. The fourth-order valence-electron chi connectivity index (χ4n) is 2.01. The molecule has 0 aliphatic rings. The lowest BCUT2D eigenvalue weighted by molar-refractivity contribution is 0.102. The normalized spacial score (nSPS) is 10.5. The molecular weight excluding hydrogens is 300 g/mol. The summed E-state index contributed by atoms with van der Waals surface area (Å²) in [6, 6.07) is 10.8. The van der Waals surface area contributed by atoms with Crippen LogP contribution in [0.3, 0.4) is 0 Å². The van der Waals surface area contributed by atoms with E-state index in [9.17, 15) is 4.79 Å². The van der Waals surface area contributed by atoms with Crippen LogP contribution < -0.4 is 5.32 Å². The van der Waals surface area contributed by atoms with Crippen LogP contribution in [0.25, 0.3) is 11.3 Å². The Balaban J connectivity index is 1.80. The summed E-state index contributed by atoms with van der Waals surface area (Å²) in [5.41, 5.74) is 3.45. The summed E-state index contributed by atoms with van der Waals surface area (Å²) in [5.74, 6) is -0.298. The number of hydrogen-bond acceptors (Lipinski definition) is 3.